The van der Waals surface area contributed by atoms with Crippen LogP contribution in [-0.4, -0.2) is 18.1 Å². The minimum absolute atomic E-state index is 0.573. The maximum atomic E-state index is 5.55. The lowest BCUT2D eigenvalue weighted by molar-refractivity contribution is 0.444. The molecular weight excluding hydrogens is 186 g/mol. The Bertz CT molecular complexity index is 307. The molecule has 2 rings (SSSR count). The first-order chi connectivity index (χ1) is 7.29. The standard InChI is InChI=1S/C12H19N3/c1-10-3-2-6-15(9-10)12-5-4-11(7-13)8-14-12/h4-5,8,10H,2-3,6-7,9,13H2,1H3. The number of hydrogen-bond acceptors (Lipinski definition) is 3. The third kappa shape index (κ3) is 2.48. The molecule has 0 aromatic carbocycles. The number of pyridine rings is 1. The van der Waals surface area contributed by atoms with E-state index in [4.69, 9.17) is 5.73 Å². The van der Waals surface area contributed by atoms with Crippen molar-refractivity contribution in [2.24, 2.45) is 11.7 Å². The lowest BCUT2D eigenvalue weighted by Crippen LogP contribution is -2.34. The Kier molecular flexibility index (Phi) is 3.21. The third-order valence-corrected chi connectivity index (χ3v) is 3.03. The number of aromatic nitrogens is 1. The molecule has 1 aromatic rings. The van der Waals surface area contributed by atoms with Gasteiger partial charge >= 0.3 is 0 Å². The molecule has 2 heterocycles. The van der Waals surface area contributed by atoms with Gasteiger partial charge in [0.2, 0.25) is 0 Å². The van der Waals surface area contributed by atoms with E-state index in [1.54, 1.807) is 0 Å². The van der Waals surface area contributed by atoms with Crippen LogP contribution in [0, 0.1) is 5.92 Å². The van der Waals surface area contributed by atoms with Gasteiger partial charge in [0.1, 0.15) is 5.82 Å². The van der Waals surface area contributed by atoms with Gasteiger partial charge in [0.05, 0.1) is 0 Å². The Morgan fingerprint density at radius 1 is 1.53 bits per heavy atom. The highest BCUT2D eigenvalue weighted by molar-refractivity contribution is 5.39. The summed E-state index contributed by atoms with van der Waals surface area (Å²) in [4.78, 5) is 6.82. The molecule has 0 spiro atoms. The van der Waals surface area contributed by atoms with E-state index in [2.05, 4.69) is 28.9 Å². The van der Waals surface area contributed by atoms with E-state index in [0.29, 0.717) is 6.54 Å². The zero-order chi connectivity index (χ0) is 10.7. The summed E-state index contributed by atoms with van der Waals surface area (Å²) in [6.45, 7) is 5.15. The Hall–Kier alpha value is -1.09. The van der Waals surface area contributed by atoms with E-state index >= 15 is 0 Å². The van der Waals surface area contributed by atoms with Crippen LogP contribution >= 0.6 is 0 Å². The van der Waals surface area contributed by atoms with Crippen LogP contribution in [-0.2, 0) is 6.54 Å². The fourth-order valence-corrected chi connectivity index (χ4v) is 2.12. The Morgan fingerprint density at radius 2 is 2.40 bits per heavy atom. The summed E-state index contributed by atoms with van der Waals surface area (Å²) in [6, 6.07) is 4.15. The van der Waals surface area contributed by atoms with Gasteiger partial charge in [-0.05, 0) is 30.4 Å². The molecular formula is C12H19N3. The zero-order valence-electron chi connectivity index (χ0n) is 9.32. The van der Waals surface area contributed by atoms with Crippen molar-refractivity contribution in [3.8, 4) is 0 Å². The fraction of sp³-hybridized carbons (Fsp3) is 0.583. The molecule has 1 aliphatic rings. The van der Waals surface area contributed by atoms with Gasteiger partial charge in [-0.2, -0.15) is 0 Å². The third-order valence-electron chi connectivity index (χ3n) is 3.03. The van der Waals surface area contributed by atoms with Crippen molar-refractivity contribution >= 4 is 5.82 Å². The summed E-state index contributed by atoms with van der Waals surface area (Å²) in [5.41, 5.74) is 6.65. The van der Waals surface area contributed by atoms with Gasteiger partial charge in [-0.25, -0.2) is 4.98 Å². The Morgan fingerprint density at radius 3 is 3.00 bits per heavy atom. The molecule has 3 heteroatoms. The van der Waals surface area contributed by atoms with Crippen molar-refractivity contribution < 1.29 is 0 Å². The number of anilines is 1. The van der Waals surface area contributed by atoms with Gasteiger partial charge in [0.25, 0.3) is 0 Å². The number of rotatable bonds is 2. The van der Waals surface area contributed by atoms with Crippen LogP contribution in [0.2, 0.25) is 0 Å². The monoisotopic (exact) mass is 205 g/mol. The van der Waals surface area contributed by atoms with Crippen LogP contribution in [0.15, 0.2) is 18.3 Å². The topological polar surface area (TPSA) is 42.1 Å². The lowest BCUT2D eigenvalue weighted by Gasteiger charge is -2.31. The minimum atomic E-state index is 0.573. The van der Waals surface area contributed by atoms with Gasteiger partial charge in [-0.3, -0.25) is 0 Å². The predicted octanol–water partition coefficient (Wildman–Crippen LogP) is 1.78. The predicted molar refractivity (Wildman–Crippen MR) is 62.7 cm³/mol. The van der Waals surface area contributed by atoms with Crippen molar-refractivity contribution in [2.75, 3.05) is 18.0 Å². The maximum Gasteiger partial charge on any atom is 0.128 e. The molecule has 1 aromatic heterocycles. The van der Waals surface area contributed by atoms with Crippen LogP contribution in [0.4, 0.5) is 5.82 Å². The second-order valence-corrected chi connectivity index (χ2v) is 4.42. The molecule has 1 fully saturated rings. The molecule has 0 radical (unpaired) electrons. The average molecular weight is 205 g/mol. The molecule has 0 saturated carbocycles. The highest BCUT2D eigenvalue weighted by atomic mass is 15.2. The van der Waals surface area contributed by atoms with Gasteiger partial charge in [-0.15, -0.1) is 0 Å². The molecule has 15 heavy (non-hydrogen) atoms. The zero-order valence-corrected chi connectivity index (χ0v) is 9.32. The summed E-state index contributed by atoms with van der Waals surface area (Å²) in [5.74, 6) is 1.88. The quantitative estimate of drug-likeness (QED) is 0.800. The molecule has 1 atom stereocenters. The van der Waals surface area contributed by atoms with Crippen molar-refractivity contribution in [2.45, 2.75) is 26.3 Å². The molecule has 1 saturated heterocycles. The van der Waals surface area contributed by atoms with E-state index in [1.807, 2.05) is 6.20 Å². The summed E-state index contributed by atoms with van der Waals surface area (Å²) >= 11 is 0. The molecule has 82 valence electrons. The van der Waals surface area contributed by atoms with Gasteiger partial charge in [0.15, 0.2) is 0 Å². The van der Waals surface area contributed by atoms with Crippen LogP contribution in [0.5, 0.6) is 0 Å². The van der Waals surface area contributed by atoms with Crippen LogP contribution in [0.1, 0.15) is 25.3 Å². The number of nitrogens with two attached hydrogens (primary N) is 1. The van der Waals surface area contributed by atoms with Crippen molar-refractivity contribution in [3.05, 3.63) is 23.9 Å². The highest BCUT2D eigenvalue weighted by Gasteiger charge is 2.16. The second kappa shape index (κ2) is 4.62. The van der Waals surface area contributed by atoms with Crippen molar-refractivity contribution in [1.82, 2.24) is 4.98 Å². The van der Waals surface area contributed by atoms with Crippen molar-refractivity contribution in [3.63, 3.8) is 0 Å². The molecule has 1 aliphatic heterocycles. The smallest absolute Gasteiger partial charge is 0.128 e. The molecule has 0 bridgehead atoms. The number of hydrogen-bond donors (Lipinski definition) is 1. The van der Waals surface area contributed by atoms with E-state index in [1.165, 1.54) is 12.8 Å². The van der Waals surface area contributed by atoms with Crippen molar-refractivity contribution in [1.29, 1.82) is 0 Å². The SMILES string of the molecule is CC1CCCN(c2ccc(CN)cn2)C1. The van der Waals surface area contributed by atoms with Crippen LogP contribution < -0.4 is 10.6 Å². The summed E-state index contributed by atoms with van der Waals surface area (Å²) in [7, 11) is 0. The summed E-state index contributed by atoms with van der Waals surface area (Å²) < 4.78 is 0. The minimum Gasteiger partial charge on any atom is -0.356 e. The van der Waals surface area contributed by atoms with E-state index < -0.39 is 0 Å². The Balaban J connectivity index is 2.07. The first-order valence-electron chi connectivity index (χ1n) is 5.69. The molecule has 2 N–H and O–H groups in total. The first kappa shape index (κ1) is 10.4. The van der Waals surface area contributed by atoms with E-state index in [-0.39, 0.29) is 0 Å². The average Bonchev–Trinajstić information content (AvgIpc) is 2.29. The molecule has 3 nitrogen and oxygen atoms in total. The lowest BCUT2D eigenvalue weighted by atomic mass is 10.0. The normalized spacial score (nSPS) is 21.7. The van der Waals surface area contributed by atoms with E-state index in [9.17, 15) is 0 Å². The van der Waals surface area contributed by atoms with Crippen LogP contribution in [0.25, 0.3) is 0 Å². The number of nitrogens with zero attached hydrogens (tertiary/aromatic N) is 2. The second-order valence-electron chi connectivity index (χ2n) is 4.42. The van der Waals surface area contributed by atoms with Gasteiger partial charge in [0, 0.05) is 25.8 Å². The molecule has 1 unspecified atom stereocenters. The maximum absolute atomic E-state index is 5.55. The summed E-state index contributed by atoms with van der Waals surface area (Å²) in [5, 5.41) is 0. The summed E-state index contributed by atoms with van der Waals surface area (Å²) in [6.07, 6.45) is 4.51. The van der Waals surface area contributed by atoms with Gasteiger partial charge < -0.3 is 10.6 Å². The van der Waals surface area contributed by atoms with Crippen LogP contribution in [0.3, 0.4) is 0 Å². The largest absolute Gasteiger partial charge is 0.356 e. The fourth-order valence-electron chi connectivity index (χ4n) is 2.12. The van der Waals surface area contributed by atoms with Gasteiger partial charge in [-0.1, -0.05) is 13.0 Å². The molecule has 0 aliphatic carbocycles. The molecule has 0 amide bonds. The van der Waals surface area contributed by atoms with E-state index in [0.717, 1.165) is 30.4 Å². The number of piperidine rings is 1. The Labute approximate surface area is 91.3 Å². The first-order valence-corrected chi connectivity index (χ1v) is 5.69. The highest BCUT2D eigenvalue weighted by Crippen LogP contribution is 2.20.